The van der Waals surface area contributed by atoms with Gasteiger partial charge in [-0.1, -0.05) is 36.4 Å². The maximum Gasteiger partial charge on any atom is 0.219 e. The first kappa shape index (κ1) is 13.3. The molecule has 0 atom stereocenters. The molecule has 0 amide bonds. The molecule has 2 aromatic heterocycles. The van der Waals surface area contributed by atoms with E-state index in [1.807, 2.05) is 42.5 Å². The molecule has 0 aliphatic carbocycles. The maximum atomic E-state index is 5.31. The average Bonchev–Trinajstić information content (AvgIpc) is 3.15. The fourth-order valence-corrected chi connectivity index (χ4v) is 1.97. The minimum Gasteiger partial charge on any atom is -0.461 e. The van der Waals surface area contributed by atoms with Crippen molar-refractivity contribution in [2.45, 2.75) is 0 Å². The maximum absolute atomic E-state index is 5.31. The van der Waals surface area contributed by atoms with E-state index in [0.29, 0.717) is 16.4 Å². The van der Waals surface area contributed by atoms with Crippen LogP contribution in [0.2, 0.25) is 0 Å². The molecule has 0 radical (unpaired) electrons. The lowest BCUT2D eigenvalue weighted by Crippen LogP contribution is -1.92. The number of allylic oxidation sites excluding steroid dienone is 1. The number of furan rings is 1. The fourth-order valence-electron chi connectivity index (χ4n) is 1.79. The molecule has 0 spiro atoms. The summed E-state index contributed by atoms with van der Waals surface area (Å²) in [4.78, 5) is 0. The van der Waals surface area contributed by atoms with E-state index >= 15 is 0 Å². The standard InChI is InChI=1S/C15H12N4OS/c21-15-18-17-14(13-9-5-11-20-13)19(15)16-10-4-8-12-6-2-1-3-7-12/h1-11H,(H,18,21)/b8-4+,16-10+. The van der Waals surface area contributed by atoms with Gasteiger partial charge in [-0.25, -0.2) is 5.10 Å². The topological polar surface area (TPSA) is 59.1 Å². The zero-order chi connectivity index (χ0) is 14.5. The van der Waals surface area contributed by atoms with Gasteiger partial charge in [0.1, 0.15) is 0 Å². The summed E-state index contributed by atoms with van der Waals surface area (Å²) in [5.74, 6) is 1.14. The third kappa shape index (κ3) is 3.06. The van der Waals surface area contributed by atoms with Gasteiger partial charge in [0.25, 0.3) is 0 Å². The van der Waals surface area contributed by atoms with Crippen LogP contribution in [-0.4, -0.2) is 21.1 Å². The molecule has 0 saturated carbocycles. The van der Waals surface area contributed by atoms with Gasteiger partial charge in [0.05, 0.1) is 6.26 Å². The fraction of sp³-hybridized carbons (Fsp3) is 0. The van der Waals surface area contributed by atoms with Gasteiger partial charge in [-0.05, 0) is 36.0 Å². The van der Waals surface area contributed by atoms with E-state index in [1.54, 1.807) is 24.6 Å². The van der Waals surface area contributed by atoms with Crippen molar-refractivity contribution < 1.29 is 4.42 Å². The Balaban J connectivity index is 1.82. The van der Waals surface area contributed by atoms with Gasteiger partial charge in [0.15, 0.2) is 5.76 Å². The van der Waals surface area contributed by atoms with Gasteiger partial charge < -0.3 is 4.42 Å². The first-order valence-corrected chi connectivity index (χ1v) is 6.73. The number of aromatic amines is 1. The third-order valence-electron chi connectivity index (χ3n) is 2.75. The molecule has 2 heterocycles. The molecule has 0 fully saturated rings. The summed E-state index contributed by atoms with van der Waals surface area (Å²) in [5, 5.41) is 11.1. The summed E-state index contributed by atoms with van der Waals surface area (Å²) in [7, 11) is 0. The number of aromatic nitrogens is 3. The summed E-state index contributed by atoms with van der Waals surface area (Å²) in [5.41, 5.74) is 1.10. The average molecular weight is 296 g/mol. The summed E-state index contributed by atoms with van der Waals surface area (Å²) in [6, 6.07) is 13.6. The third-order valence-corrected chi connectivity index (χ3v) is 3.01. The molecule has 0 aliphatic heterocycles. The predicted molar refractivity (Wildman–Crippen MR) is 84.5 cm³/mol. The van der Waals surface area contributed by atoms with Crippen molar-refractivity contribution in [1.82, 2.24) is 14.9 Å². The first-order valence-electron chi connectivity index (χ1n) is 6.32. The summed E-state index contributed by atoms with van der Waals surface area (Å²) >= 11 is 5.16. The van der Waals surface area contributed by atoms with Crippen LogP contribution in [0.25, 0.3) is 17.7 Å². The van der Waals surface area contributed by atoms with E-state index in [1.165, 1.54) is 4.68 Å². The quantitative estimate of drug-likeness (QED) is 0.589. The van der Waals surface area contributed by atoms with Crippen LogP contribution in [0.15, 0.2) is 64.3 Å². The molecule has 0 aliphatic rings. The second kappa shape index (κ2) is 6.15. The Morgan fingerprint density at radius 1 is 1.19 bits per heavy atom. The van der Waals surface area contributed by atoms with E-state index in [0.717, 1.165) is 5.56 Å². The Hall–Kier alpha value is -2.73. The van der Waals surface area contributed by atoms with E-state index in [-0.39, 0.29) is 0 Å². The lowest BCUT2D eigenvalue weighted by Gasteiger charge is -1.95. The van der Waals surface area contributed by atoms with Crippen molar-refractivity contribution >= 4 is 24.5 Å². The van der Waals surface area contributed by atoms with Crippen molar-refractivity contribution in [2.75, 3.05) is 0 Å². The van der Waals surface area contributed by atoms with Crippen LogP contribution in [0.4, 0.5) is 0 Å². The second-order valence-corrected chi connectivity index (χ2v) is 4.56. The van der Waals surface area contributed by atoms with E-state index in [4.69, 9.17) is 16.6 Å². The normalized spacial score (nSPS) is 11.6. The molecule has 3 aromatic rings. The van der Waals surface area contributed by atoms with Crippen LogP contribution in [0.1, 0.15) is 5.56 Å². The highest BCUT2D eigenvalue weighted by Gasteiger charge is 2.09. The number of rotatable bonds is 4. The van der Waals surface area contributed by atoms with E-state index in [2.05, 4.69) is 15.3 Å². The molecule has 3 rings (SSSR count). The molecular weight excluding hydrogens is 284 g/mol. The second-order valence-electron chi connectivity index (χ2n) is 4.18. The summed E-state index contributed by atoms with van der Waals surface area (Å²) in [6.07, 6.45) is 7.04. The highest BCUT2D eigenvalue weighted by Crippen LogP contribution is 2.17. The van der Waals surface area contributed by atoms with Crippen LogP contribution in [0.5, 0.6) is 0 Å². The monoisotopic (exact) mass is 296 g/mol. The molecule has 1 aromatic carbocycles. The highest BCUT2D eigenvalue weighted by atomic mass is 32.1. The Morgan fingerprint density at radius 2 is 2.05 bits per heavy atom. The van der Waals surface area contributed by atoms with Crippen molar-refractivity contribution in [3.8, 4) is 11.6 Å². The molecule has 0 bridgehead atoms. The van der Waals surface area contributed by atoms with Crippen molar-refractivity contribution in [2.24, 2.45) is 5.10 Å². The van der Waals surface area contributed by atoms with Crippen LogP contribution in [0, 0.1) is 4.77 Å². The zero-order valence-corrected chi connectivity index (χ0v) is 11.8. The molecular formula is C15H12N4OS. The first-order chi connectivity index (χ1) is 10.3. The Morgan fingerprint density at radius 3 is 2.81 bits per heavy atom. The van der Waals surface area contributed by atoms with Crippen molar-refractivity contribution in [3.63, 3.8) is 0 Å². The van der Waals surface area contributed by atoms with Gasteiger partial charge in [-0.3, -0.25) is 0 Å². The van der Waals surface area contributed by atoms with E-state index < -0.39 is 0 Å². The predicted octanol–water partition coefficient (Wildman–Crippen LogP) is 3.75. The van der Waals surface area contributed by atoms with Crippen molar-refractivity contribution in [3.05, 3.63) is 65.1 Å². The largest absolute Gasteiger partial charge is 0.461 e. The molecule has 0 unspecified atom stereocenters. The Bertz CT molecular complexity index is 813. The lowest BCUT2D eigenvalue weighted by molar-refractivity contribution is 0.573. The summed E-state index contributed by atoms with van der Waals surface area (Å²) < 4.78 is 7.23. The minimum atomic E-state index is 0.408. The van der Waals surface area contributed by atoms with Crippen LogP contribution in [0.3, 0.4) is 0 Å². The Kier molecular flexibility index (Phi) is 3.88. The highest BCUT2D eigenvalue weighted by molar-refractivity contribution is 7.71. The Labute approximate surface area is 126 Å². The molecule has 1 N–H and O–H groups in total. The number of benzene rings is 1. The molecule has 6 heteroatoms. The van der Waals surface area contributed by atoms with Crippen molar-refractivity contribution in [1.29, 1.82) is 0 Å². The SMILES string of the molecule is S=c1[nH]nc(-c2ccco2)n1/N=C/C=C/c1ccccc1. The number of nitrogens with one attached hydrogen (secondary N) is 1. The summed E-state index contributed by atoms with van der Waals surface area (Å²) in [6.45, 7) is 0. The smallest absolute Gasteiger partial charge is 0.219 e. The van der Waals surface area contributed by atoms with Gasteiger partial charge in [-0.15, -0.1) is 5.10 Å². The number of H-pyrrole nitrogens is 1. The van der Waals surface area contributed by atoms with Crippen LogP contribution < -0.4 is 0 Å². The van der Waals surface area contributed by atoms with Crippen LogP contribution >= 0.6 is 12.2 Å². The molecule has 0 saturated heterocycles. The lowest BCUT2D eigenvalue weighted by atomic mass is 10.2. The van der Waals surface area contributed by atoms with Gasteiger partial charge in [0, 0.05) is 6.21 Å². The van der Waals surface area contributed by atoms with Gasteiger partial charge >= 0.3 is 0 Å². The van der Waals surface area contributed by atoms with Gasteiger partial charge in [0.2, 0.25) is 10.6 Å². The molecule has 104 valence electrons. The molecule has 5 nitrogen and oxygen atoms in total. The number of nitrogens with zero attached hydrogens (tertiary/aromatic N) is 3. The molecule has 21 heavy (non-hydrogen) atoms. The zero-order valence-electron chi connectivity index (χ0n) is 11.0. The minimum absolute atomic E-state index is 0.408. The number of hydrogen-bond acceptors (Lipinski definition) is 4. The van der Waals surface area contributed by atoms with Crippen LogP contribution in [-0.2, 0) is 0 Å². The van der Waals surface area contributed by atoms with Gasteiger partial charge in [-0.2, -0.15) is 9.78 Å². The van der Waals surface area contributed by atoms with E-state index in [9.17, 15) is 0 Å². The number of hydrogen-bond donors (Lipinski definition) is 1.